The Morgan fingerprint density at radius 2 is 1.96 bits per heavy atom. The first-order chi connectivity index (χ1) is 12.2. The van der Waals surface area contributed by atoms with Gasteiger partial charge < -0.3 is 19.8 Å². The van der Waals surface area contributed by atoms with Crippen molar-refractivity contribution >= 4 is 16.9 Å². The van der Waals surface area contributed by atoms with Crippen molar-refractivity contribution < 1.29 is 14.3 Å². The molecule has 0 aliphatic rings. The number of benzene rings is 2. The standard InChI is InChI=1S/C19H21N3O3/c1-24-16-9-5-6-13(19(16)25-2)12-20-18(23)11-10-17-21-14-7-3-4-8-15(14)22-17/h3-9H,10-12H2,1-2H3,(H,20,23)(H,21,22). The van der Waals surface area contributed by atoms with Crippen molar-refractivity contribution in [3.8, 4) is 11.5 Å². The predicted molar refractivity (Wildman–Crippen MR) is 95.8 cm³/mol. The van der Waals surface area contributed by atoms with Crippen LogP contribution in [0.5, 0.6) is 11.5 Å². The molecule has 130 valence electrons. The number of aromatic nitrogens is 2. The van der Waals surface area contributed by atoms with Crippen LogP contribution in [-0.4, -0.2) is 30.1 Å². The zero-order chi connectivity index (χ0) is 17.6. The van der Waals surface area contributed by atoms with Crippen LogP contribution in [0.4, 0.5) is 0 Å². The summed E-state index contributed by atoms with van der Waals surface area (Å²) >= 11 is 0. The molecule has 25 heavy (non-hydrogen) atoms. The van der Waals surface area contributed by atoms with E-state index >= 15 is 0 Å². The maximum atomic E-state index is 12.1. The Bertz CT molecular complexity index is 840. The van der Waals surface area contributed by atoms with E-state index in [-0.39, 0.29) is 5.91 Å². The summed E-state index contributed by atoms with van der Waals surface area (Å²) in [4.78, 5) is 19.8. The van der Waals surface area contributed by atoms with Crippen LogP contribution in [0.3, 0.4) is 0 Å². The Hall–Kier alpha value is -3.02. The molecule has 3 aromatic rings. The highest BCUT2D eigenvalue weighted by Crippen LogP contribution is 2.30. The second-order valence-corrected chi connectivity index (χ2v) is 5.63. The lowest BCUT2D eigenvalue weighted by Gasteiger charge is -2.13. The van der Waals surface area contributed by atoms with Crippen molar-refractivity contribution in [3.05, 3.63) is 53.9 Å². The minimum Gasteiger partial charge on any atom is -0.493 e. The maximum absolute atomic E-state index is 12.1. The summed E-state index contributed by atoms with van der Waals surface area (Å²) in [5, 5.41) is 2.91. The van der Waals surface area contributed by atoms with Crippen LogP contribution in [-0.2, 0) is 17.8 Å². The van der Waals surface area contributed by atoms with E-state index in [1.807, 2.05) is 42.5 Å². The van der Waals surface area contributed by atoms with E-state index in [0.717, 1.165) is 22.4 Å². The number of imidazole rings is 1. The van der Waals surface area contributed by atoms with E-state index in [2.05, 4.69) is 15.3 Å². The van der Waals surface area contributed by atoms with E-state index in [9.17, 15) is 4.79 Å². The zero-order valence-corrected chi connectivity index (χ0v) is 14.3. The fourth-order valence-corrected chi connectivity index (χ4v) is 2.73. The lowest BCUT2D eigenvalue weighted by Crippen LogP contribution is -2.23. The predicted octanol–water partition coefficient (Wildman–Crippen LogP) is 2.83. The van der Waals surface area contributed by atoms with Gasteiger partial charge in [0.1, 0.15) is 5.82 Å². The summed E-state index contributed by atoms with van der Waals surface area (Å²) in [6, 6.07) is 13.4. The van der Waals surface area contributed by atoms with Gasteiger partial charge in [-0.05, 0) is 18.2 Å². The van der Waals surface area contributed by atoms with Gasteiger partial charge in [-0.3, -0.25) is 4.79 Å². The summed E-state index contributed by atoms with van der Waals surface area (Å²) in [6.07, 6.45) is 0.932. The van der Waals surface area contributed by atoms with E-state index in [0.29, 0.717) is 30.9 Å². The minimum atomic E-state index is -0.0367. The first kappa shape index (κ1) is 16.8. The van der Waals surface area contributed by atoms with E-state index < -0.39 is 0 Å². The average Bonchev–Trinajstić information content (AvgIpc) is 3.07. The van der Waals surface area contributed by atoms with Gasteiger partial charge >= 0.3 is 0 Å². The Kier molecular flexibility index (Phi) is 5.18. The van der Waals surface area contributed by atoms with Gasteiger partial charge in [-0.25, -0.2) is 4.98 Å². The molecule has 2 aromatic carbocycles. The maximum Gasteiger partial charge on any atom is 0.220 e. The van der Waals surface area contributed by atoms with Crippen molar-refractivity contribution in [2.75, 3.05) is 14.2 Å². The third-order valence-corrected chi connectivity index (χ3v) is 3.99. The molecule has 0 atom stereocenters. The molecule has 1 aromatic heterocycles. The number of amides is 1. The second kappa shape index (κ2) is 7.70. The molecule has 1 heterocycles. The third kappa shape index (κ3) is 3.91. The van der Waals surface area contributed by atoms with E-state index in [1.54, 1.807) is 14.2 Å². The quantitative estimate of drug-likeness (QED) is 0.694. The van der Waals surface area contributed by atoms with Gasteiger partial charge in [0.15, 0.2) is 11.5 Å². The number of carbonyl (C=O) groups excluding carboxylic acids is 1. The van der Waals surface area contributed by atoms with Crippen LogP contribution in [0.15, 0.2) is 42.5 Å². The van der Waals surface area contributed by atoms with E-state index in [1.165, 1.54) is 0 Å². The summed E-state index contributed by atoms with van der Waals surface area (Å²) in [5.41, 5.74) is 2.77. The third-order valence-electron chi connectivity index (χ3n) is 3.99. The lowest BCUT2D eigenvalue weighted by atomic mass is 10.1. The number of para-hydroxylation sites is 3. The molecule has 1 amide bonds. The van der Waals surface area contributed by atoms with Crippen LogP contribution < -0.4 is 14.8 Å². The normalized spacial score (nSPS) is 10.6. The van der Waals surface area contributed by atoms with Gasteiger partial charge in [0.25, 0.3) is 0 Å². The number of aromatic amines is 1. The molecule has 0 fully saturated rings. The monoisotopic (exact) mass is 339 g/mol. The molecule has 0 radical (unpaired) electrons. The molecule has 0 aliphatic carbocycles. The highest BCUT2D eigenvalue weighted by molar-refractivity contribution is 5.77. The Labute approximate surface area is 146 Å². The number of aryl methyl sites for hydroxylation is 1. The summed E-state index contributed by atoms with van der Waals surface area (Å²) < 4.78 is 10.6. The van der Waals surface area contributed by atoms with Crippen LogP contribution in [0, 0.1) is 0 Å². The van der Waals surface area contributed by atoms with Gasteiger partial charge in [0, 0.05) is 24.9 Å². The number of nitrogens with one attached hydrogen (secondary N) is 2. The van der Waals surface area contributed by atoms with Crippen molar-refractivity contribution in [2.45, 2.75) is 19.4 Å². The zero-order valence-electron chi connectivity index (χ0n) is 14.3. The molecule has 0 unspecified atom stereocenters. The average molecular weight is 339 g/mol. The number of rotatable bonds is 7. The molecule has 3 rings (SSSR count). The van der Waals surface area contributed by atoms with Crippen molar-refractivity contribution in [3.63, 3.8) is 0 Å². The minimum absolute atomic E-state index is 0.0367. The SMILES string of the molecule is COc1cccc(CNC(=O)CCc2nc3ccccc3[nH]2)c1OC. The van der Waals surface area contributed by atoms with Gasteiger partial charge in [-0.2, -0.15) is 0 Å². The number of hydrogen-bond acceptors (Lipinski definition) is 4. The fourth-order valence-electron chi connectivity index (χ4n) is 2.73. The summed E-state index contributed by atoms with van der Waals surface area (Å²) in [5.74, 6) is 2.07. The number of nitrogens with zero attached hydrogens (tertiary/aromatic N) is 1. The first-order valence-corrected chi connectivity index (χ1v) is 8.11. The molecular weight excluding hydrogens is 318 g/mol. The summed E-state index contributed by atoms with van der Waals surface area (Å²) in [6.45, 7) is 0.388. The molecule has 0 saturated heterocycles. The molecule has 0 spiro atoms. The van der Waals surface area contributed by atoms with Gasteiger partial charge in [-0.15, -0.1) is 0 Å². The molecule has 0 saturated carbocycles. The highest BCUT2D eigenvalue weighted by atomic mass is 16.5. The lowest BCUT2D eigenvalue weighted by molar-refractivity contribution is -0.121. The number of carbonyl (C=O) groups is 1. The molecular formula is C19H21N3O3. The topological polar surface area (TPSA) is 76.2 Å². The number of hydrogen-bond donors (Lipinski definition) is 2. The number of methoxy groups -OCH3 is 2. The molecule has 0 aliphatic heterocycles. The van der Waals surface area contributed by atoms with Crippen LogP contribution >= 0.6 is 0 Å². The second-order valence-electron chi connectivity index (χ2n) is 5.63. The van der Waals surface area contributed by atoms with Gasteiger partial charge in [-0.1, -0.05) is 24.3 Å². The Balaban J connectivity index is 1.56. The fraction of sp³-hybridized carbons (Fsp3) is 0.263. The Morgan fingerprint density at radius 1 is 1.12 bits per heavy atom. The highest BCUT2D eigenvalue weighted by Gasteiger charge is 2.11. The van der Waals surface area contributed by atoms with Gasteiger partial charge in [0.2, 0.25) is 5.91 Å². The van der Waals surface area contributed by atoms with Crippen LogP contribution in [0.1, 0.15) is 17.8 Å². The van der Waals surface area contributed by atoms with E-state index in [4.69, 9.17) is 9.47 Å². The number of fused-ring (bicyclic) bond motifs is 1. The van der Waals surface area contributed by atoms with Gasteiger partial charge in [0.05, 0.1) is 25.3 Å². The van der Waals surface area contributed by atoms with Crippen LogP contribution in [0.25, 0.3) is 11.0 Å². The summed E-state index contributed by atoms with van der Waals surface area (Å²) in [7, 11) is 3.18. The molecule has 0 bridgehead atoms. The first-order valence-electron chi connectivity index (χ1n) is 8.11. The smallest absolute Gasteiger partial charge is 0.220 e. The molecule has 6 heteroatoms. The molecule has 6 nitrogen and oxygen atoms in total. The molecule has 2 N–H and O–H groups in total. The van der Waals surface area contributed by atoms with Crippen LogP contribution in [0.2, 0.25) is 0 Å². The number of H-pyrrole nitrogens is 1. The number of ether oxygens (including phenoxy) is 2. The van der Waals surface area contributed by atoms with Crippen molar-refractivity contribution in [2.24, 2.45) is 0 Å². The van der Waals surface area contributed by atoms with Crippen molar-refractivity contribution in [1.29, 1.82) is 0 Å². The largest absolute Gasteiger partial charge is 0.493 e. The Morgan fingerprint density at radius 3 is 2.72 bits per heavy atom. The van der Waals surface area contributed by atoms with Crippen molar-refractivity contribution in [1.82, 2.24) is 15.3 Å².